The van der Waals surface area contributed by atoms with Gasteiger partial charge in [0.15, 0.2) is 0 Å². The van der Waals surface area contributed by atoms with Crippen molar-refractivity contribution in [3.8, 4) is 0 Å². The number of likely N-dealkylation sites (N-methyl/N-ethyl adjacent to an activating group) is 2. The van der Waals surface area contributed by atoms with Crippen LogP contribution in [0.5, 0.6) is 0 Å². The Morgan fingerprint density at radius 1 is 1.10 bits per heavy atom. The molecule has 3 heteroatoms. The number of anilines is 1. The van der Waals surface area contributed by atoms with Gasteiger partial charge in [-0.25, -0.2) is 0 Å². The number of rotatable bonds is 4. The van der Waals surface area contributed by atoms with Crippen LogP contribution in [-0.2, 0) is 4.79 Å². The van der Waals surface area contributed by atoms with Crippen LogP contribution in [0.2, 0.25) is 0 Å². The highest BCUT2D eigenvalue weighted by Crippen LogP contribution is 2.12. The van der Waals surface area contributed by atoms with Crippen molar-refractivity contribution in [2.45, 2.75) is 48.0 Å². The maximum atomic E-state index is 11.7. The van der Waals surface area contributed by atoms with Crippen molar-refractivity contribution in [3.05, 3.63) is 29.8 Å². The summed E-state index contributed by atoms with van der Waals surface area (Å²) in [5, 5.41) is 3.02. The van der Waals surface area contributed by atoms with E-state index in [1.165, 1.54) is 12.0 Å². The molecule has 1 aromatic carbocycles. The topological polar surface area (TPSA) is 32.3 Å². The first-order valence-corrected chi connectivity index (χ1v) is 7.60. The molecule has 0 radical (unpaired) electrons. The Morgan fingerprint density at radius 2 is 1.55 bits per heavy atom. The van der Waals surface area contributed by atoms with Gasteiger partial charge in [-0.1, -0.05) is 58.7 Å². The second-order valence-electron chi connectivity index (χ2n) is 4.28. The maximum Gasteiger partial charge on any atom is 0.240 e. The normalized spacial score (nSPS) is 8.75. The molecular formula is C17H32N2O. The average Bonchev–Trinajstić information content (AvgIpc) is 2.47. The van der Waals surface area contributed by atoms with E-state index in [1.807, 2.05) is 52.0 Å². The van der Waals surface area contributed by atoms with Gasteiger partial charge < -0.3 is 10.2 Å². The van der Waals surface area contributed by atoms with Crippen LogP contribution in [-0.4, -0.2) is 26.0 Å². The monoisotopic (exact) mass is 280 g/mol. The highest BCUT2D eigenvalue weighted by molar-refractivity contribution is 5.94. The number of benzene rings is 1. The Kier molecular flexibility index (Phi) is 14.7. The first-order valence-electron chi connectivity index (χ1n) is 7.60. The summed E-state index contributed by atoms with van der Waals surface area (Å²) < 4.78 is 0. The Hall–Kier alpha value is -1.35. The van der Waals surface area contributed by atoms with Gasteiger partial charge in [0, 0.05) is 12.7 Å². The summed E-state index contributed by atoms with van der Waals surface area (Å²) >= 11 is 0. The van der Waals surface area contributed by atoms with Crippen molar-refractivity contribution in [2.24, 2.45) is 0 Å². The van der Waals surface area contributed by atoms with Gasteiger partial charge >= 0.3 is 0 Å². The van der Waals surface area contributed by atoms with Crippen LogP contribution in [0.3, 0.4) is 0 Å². The Labute approximate surface area is 125 Å². The summed E-state index contributed by atoms with van der Waals surface area (Å²) in [5.74, 6) is 0.0840. The van der Waals surface area contributed by atoms with Gasteiger partial charge in [-0.15, -0.1) is 0 Å². The van der Waals surface area contributed by atoms with E-state index in [0.717, 1.165) is 12.2 Å². The molecule has 0 saturated heterocycles. The van der Waals surface area contributed by atoms with Crippen molar-refractivity contribution >= 4 is 11.6 Å². The lowest BCUT2D eigenvalue weighted by molar-refractivity contribution is -0.117. The van der Waals surface area contributed by atoms with E-state index >= 15 is 0 Å². The lowest BCUT2D eigenvalue weighted by atomic mass is 10.2. The maximum absolute atomic E-state index is 11.7. The van der Waals surface area contributed by atoms with Crippen LogP contribution in [0.4, 0.5) is 5.69 Å². The van der Waals surface area contributed by atoms with Crippen LogP contribution in [0.25, 0.3) is 0 Å². The van der Waals surface area contributed by atoms with Gasteiger partial charge in [0.25, 0.3) is 0 Å². The molecular weight excluding hydrogens is 248 g/mol. The number of hydrogen-bond acceptors (Lipinski definition) is 2. The fraction of sp³-hybridized carbons (Fsp3) is 0.588. The van der Waals surface area contributed by atoms with Crippen molar-refractivity contribution in [3.63, 3.8) is 0 Å². The molecule has 0 fully saturated rings. The fourth-order valence-electron chi connectivity index (χ4n) is 1.26. The predicted octanol–water partition coefficient (Wildman–Crippen LogP) is 4.01. The lowest BCUT2D eigenvalue weighted by Gasteiger charge is -2.17. The zero-order chi connectivity index (χ0) is 16.0. The number of carbonyl (C=O) groups is 1. The van der Waals surface area contributed by atoms with E-state index in [2.05, 4.69) is 19.2 Å². The summed E-state index contributed by atoms with van der Waals surface area (Å²) in [4.78, 5) is 13.3. The molecule has 0 spiro atoms. The number of amides is 1. The second kappa shape index (κ2) is 14.1. The molecule has 20 heavy (non-hydrogen) atoms. The zero-order valence-electron chi connectivity index (χ0n) is 14.3. The highest BCUT2D eigenvalue weighted by Gasteiger charge is 2.08. The molecule has 1 aromatic rings. The number of nitrogens with zero attached hydrogens (tertiary/aromatic N) is 1. The molecule has 1 N–H and O–H groups in total. The molecule has 0 aliphatic carbocycles. The summed E-state index contributed by atoms with van der Waals surface area (Å²) in [6, 6.07) is 7.93. The first-order chi connectivity index (χ1) is 9.56. The molecule has 0 heterocycles. The van der Waals surface area contributed by atoms with E-state index in [9.17, 15) is 4.79 Å². The number of aryl methyl sites for hydroxylation is 1. The average molecular weight is 280 g/mol. The lowest BCUT2D eigenvalue weighted by Crippen LogP contribution is -2.35. The zero-order valence-corrected chi connectivity index (χ0v) is 14.3. The molecule has 0 aliphatic rings. The van der Waals surface area contributed by atoms with E-state index in [1.54, 1.807) is 11.9 Å². The molecule has 0 unspecified atom stereocenters. The van der Waals surface area contributed by atoms with Gasteiger partial charge in [0.05, 0.1) is 6.54 Å². The first kappa shape index (κ1) is 21.0. The van der Waals surface area contributed by atoms with Crippen LogP contribution in [0.1, 0.15) is 46.6 Å². The molecule has 0 aromatic heterocycles. The second-order valence-corrected chi connectivity index (χ2v) is 4.28. The fourth-order valence-corrected chi connectivity index (χ4v) is 1.26. The number of hydrogen-bond donors (Lipinski definition) is 1. The van der Waals surface area contributed by atoms with Crippen molar-refractivity contribution < 1.29 is 4.79 Å². The smallest absolute Gasteiger partial charge is 0.240 e. The van der Waals surface area contributed by atoms with Crippen LogP contribution >= 0.6 is 0 Å². The van der Waals surface area contributed by atoms with Gasteiger partial charge in [0.1, 0.15) is 0 Å². The van der Waals surface area contributed by atoms with Gasteiger partial charge in [-0.05, 0) is 25.6 Å². The third kappa shape index (κ3) is 9.56. The Bertz CT molecular complexity index is 333. The molecule has 116 valence electrons. The quantitative estimate of drug-likeness (QED) is 0.903. The molecule has 3 nitrogen and oxygen atoms in total. The summed E-state index contributed by atoms with van der Waals surface area (Å²) in [6.07, 6.45) is 1.25. The van der Waals surface area contributed by atoms with E-state index < -0.39 is 0 Å². The van der Waals surface area contributed by atoms with Crippen molar-refractivity contribution in [1.82, 2.24) is 5.32 Å². The highest BCUT2D eigenvalue weighted by atomic mass is 16.2. The Balaban J connectivity index is 0. The molecule has 0 atom stereocenters. The largest absolute Gasteiger partial charge is 0.314 e. The summed E-state index contributed by atoms with van der Waals surface area (Å²) in [6.45, 7) is 13.5. The summed E-state index contributed by atoms with van der Waals surface area (Å²) in [5.41, 5.74) is 2.13. The van der Waals surface area contributed by atoms with Crippen LogP contribution in [0.15, 0.2) is 24.3 Å². The van der Waals surface area contributed by atoms with Crippen LogP contribution < -0.4 is 10.2 Å². The van der Waals surface area contributed by atoms with E-state index in [4.69, 9.17) is 0 Å². The third-order valence-electron chi connectivity index (χ3n) is 2.32. The molecule has 1 amide bonds. The standard InChI is InChI=1S/C12H18N2O.C3H8.C2H6/c1-4-13-9-12(15)14(3)11-7-5-10(2)6-8-11;1-3-2;1-2/h5-8,13H,4,9H2,1-3H3;3H2,1-2H3;1-2H3. The minimum atomic E-state index is 0.0840. The van der Waals surface area contributed by atoms with Crippen molar-refractivity contribution in [2.75, 3.05) is 25.0 Å². The SMILES string of the molecule is CC.CCC.CCNCC(=O)N(C)c1ccc(C)cc1. The molecule has 0 bridgehead atoms. The minimum absolute atomic E-state index is 0.0840. The van der Waals surface area contributed by atoms with Gasteiger partial charge in [-0.2, -0.15) is 0 Å². The predicted molar refractivity (Wildman–Crippen MR) is 90.4 cm³/mol. The number of nitrogens with one attached hydrogen (secondary N) is 1. The summed E-state index contributed by atoms with van der Waals surface area (Å²) in [7, 11) is 1.80. The van der Waals surface area contributed by atoms with E-state index in [0.29, 0.717) is 6.54 Å². The van der Waals surface area contributed by atoms with Crippen molar-refractivity contribution in [1.29, 1.82) is 0 Å². The third-order valence-corrected chi connectivity index (χ3v) is 2.32. The number of carbonyl (C=O) groups excluding carboxylic acids is 1. The molecule has 0 aliphatic heterocycles. The molecule has 0 saturated carbocycles. The Morgan fingerprint density at radius 3 is 1.95 bits per heavy atom. The van der Waals surface area contributed by atoms with Gasteiger partial charge in [0.2, 0.25) is 5.91 Å². The molecule has 1 rings (SSSR count). The van der Waals surface area contributed by atoms with Crippen LogP contribution in [0, 0.1) is 6.92 Å². The van der Waals surface area contributed by atoms with E-state index in [-0.39, 0.29) is 5.91 Å². The minimum Gasteiger partial charge on any atom is -0.314 e. The van der Waals surface area contributed by atoms with Gasteiger partial charge in [-0.3, -0.25) is 4.79 Å².